The van der Waals surface area contributed by atoms with Gasteiger partial charge in [-0.15, -0.1) is 11.3 Å². The molecule has 0 spiro atoms. The molecule has 0 unspecified atom stereocenters. The Morgan fingerprint density at radius 2 is 2.00 bits per heavy atom. The van der Waals surface area contributed by atoms with Crippen LogP contribution in [0.1, 0.15) is 18.7 Å². The summed E-state index contributed by atoms with van der Waals surface area (Å²) in [5.41, 5.74) is 1.16. The predicted molar refractivity (Wildman–Crippen MR) is 90.6 cm³/mol. The molecule has 0 bridgehead atoms. The first-order valence-corrected chi connectivity index (χ1v) is 8.39. The molecule has 0 aliphatic carbocycles. The van der Waals surface area contributed by atoms with Crippen molar-refractivity contribution in [1.82, 2.24) is 5.32 Å². The van der Waals surface area contributed by atoms with E-state index in [0.29, 0.717) is 6.54 Å². The Morgan fingerprint density at radius 1 is 1.29 bits per heavy atom. The van der Waals surface area contributed by atoms with Crippen LogP contribution in [0.3, 0.4) is 0 Å². The molecule has 0 aliphatic rings. The molecule has 1 aromatic carbocycles. The summed E-state index contributed by atoms with van der Waals surface area (Å²) in [6, 6.07) is 11.7. The lowest BCUT2D eigenvalue weighted by Gasteiger charge is -2.17. The summed E-state index contributed by atoms with van der Waals surface area (Å²) in [4.78, 5) is 13.5. The molecule has 21 heavy (non-hydrogen) atoms. The van der Waals surface area contributed by atoms with Crippen LogP contribution < -0.4 is 5.32 Å². The quantitative estimate of drug-likeness (QED) is 0.796. The first-order valence-electron chi connectivity index (χ1n) is 6.79. The van der Waals surface area contributed by atoms with Gasteiger partial charge in [0.05, 0.1) is 0 Å². The number of thiophene rings is 1. The van der Waals surface area contributed by atoms with E-state index in [1.807, 2.05) is 38.1 Å². The molecule has 0 amide bonds. The highest BCUT2D eigenvalue weighted by atomic mass is 79.9. The topological polar surface area (TPSA) is 49.3 Å². The molecular formula is C16H18BrNO2S. The van der Waals surface area contributed by atoms with E-state index >= 15 is 0 Å². The highest BCUT2D eigenvalue weighted by Gasteiger charge is 2.20. The van der Waals surface area contributed by atoms with Crippen molar-refractivity contribution < 1.29 is 9.90 Å². The maximum atomic E-state index is 11.2. The molecule has 0 saturated carbocycles. The monoisotopic (exact) mass is 367 g/mol. The van der Waals surface area contributed by atoms with Gasteiger partial charge >= 0.3 is 5.97 Å². The summed E-state index contributed by atoms with van der Waals surface area (Å²) in [5.74, 6) is -0.738. The molecule has 2 N–H and O–H groups in total. The van der Waals surface area contributed by atoms with Gasteiger partial charge in [0.15, 0.2) is 0 Å². The van der Waals surface area contributed by atoms with Crippen LogP contribution in [0.4, 0.5) is 0 Å². The number of nitrogens with one attached hydrogen (secondary N) is 1. The minimum atomic E-state index is -0.799. The first-order chi connectivity index (χ1) is 9.99. The van der Waals surface area contributed by atoms with Gasteiger partial charge in [0.25, 0.3) is 0 Å². The van der Waals surface area contributed by atoms with E-state index in [4.69, 9.17) is 0 Å². The fourth-order valence-corrected chi connectivity index (χ4v) is 3.73. The summed E-state index contributed by atoms with van der Waals surface area (Å²) in [6.45, 7) is 4.39. The largest absolute Gasteiger partial charge is 0.480 e. The molecule has 0 fully saturated rings. The molecule has 1 atom stereocenters. The summed E-state index contributed by atoms with van der Waals surface area (Å²) in [7, 11) is 0. The third-order valence-electron chi connectivity index (χ3n) is 3.23. The summed E-state index contributed by atoms with van der Waals surface area (Å²) < 4.78 is 1.07. The normalized spacial score (nSPS) is 12.6. The number of hydrogen-bond donors (Lipinski definition) is 2. The van der Waals surface area contributed by atoms with Gasteiger partial charge in [-0.2, -0.15) is 0 Å². The smallest absolute Gasteiger partial charge is 0.320 e. The zero-order valence-corrected chi connectivity index (χ0v) is 14.4. The van der Waals surface area contributed by atoms with Crippen molar-refractivity contribution in [1.29, 1.82) is 0 Å². The molecule has 2 rings (SSSR count). The average Bonchev–Trinajstić information content (AvgIpc) is 2.87. The van der Waals surface area contributed by atoms with Crippen molar-refractivity contribution in [3.8, 4) is 10.4 Å². The Balaban J connectivity index is 2.07. The Kier molecular flexibility index (Phi) is 5.56. The molecule has 3 nitrogen and oxygen atoms in total. The van der Waals surface area contributed by atoms with Crippen LogP contribution in [-0.4, -0.2) is 17.1 Å². The van der Waals surface area contributed by atoms with Gasteiger partial charge in [0.1, 0.15) is 6.04 Å². The SMILES string of the molecule is CC(C)[C@@H](NCc1ccc(-c2ccccc2Br)s1)C(=O)O. The van der Waals surface area contributed by atoms with Crippen LogP contribution in [-0.2, 0) is 11.3 Å². The van der Waals surface area contributed by atoms with Crippen LogP contribution in [0.25, 0.3) is 10.4 Å². The van der Waals surface area contributed by atoms with Crippen molar-refractivity contribution in [3.05, 3.63) is 45.7 Å². The zero-order chi connectivity index (χ0) is 15.4. The molecule has 1 aromatic heterocycles. The molecule has 1 heterocycles. The van der Waals surface area contributed by atoms with Crippen molar-refractivity contribution in [3.63, 3.8) is 0 Å². The average molecular weight is 368 g/mol. The Morgan fingerprint density at radius 3 is 2.62 bits per heavy atom. The second-order valence-corrected chi connectivity index (χ2v) is 7.21. The zero-order valence-electron chi connectivity index (χ0n) is 12.0. The number of aliphatic carboxylic acids is 1. The number of halogens is 1. The van der Waals surface area contributed by atoms with E-state index in [9.17, 15) is 9.90 Å². The molecular weight excluding hydrogens is 350 g/mol. The fraction of sp³-hybridized carbons (Fsp3) is 0.312. The van der Waals surface area contributed by atoms with Crippen molar-refractivity contribution in [2.24, 2.45) is 5.92 Å². The second-order valence-electron chi connectivity index (χ2n) is 5.19. The Hall–Kier alpha value is -1.17. The standard InChI is InChI=1S/C16H18BrNO2S/c1-10(2)15(16(19)20)18-9-11-7-8-14(21-11)12-5-3-4-6-13(12)17/h3-8,10,15,18H,9H2,1-2H3,(H,19,20)/t15-/m1/s1. The lowest BCUT2D eigenvalue weighted by Crippen LogP contribution is -2.40. The maximum Gasteiger partial charge on any atom is 0.320 e. The van der Waals surface area contributed by atoms with Gasteiger partial charge in [-0.05, 0) is 24.1 Å². The van der Waals surface area contributed by atoms with E-state index in [1.165, 1.54) is 4.88 Å². The van der Waals surface area contributed by atoms with Gasteiger partial charge in [0.2, 0.25) is 0 Å². The van der Waals surface area contributed by atoms with Crippen molar-refractivity contribution in [2.45, 2.75) is 26.4 Å². The van der Waals surface area contributed by atoms with Crippen LogP contribution in [0.2, 0.25) is 0 Å². The highest BCUT2D eigenvalue weighted by molar-refractivity contribution is 9.10. The Bertz CT molecular complexity index is 624. The second kappa shape index (κ2) is 7.20. The van der Waals surface area contributed by atoms with E-state index in [1.54, 1.807) is 11.3 Å². The number of carbonyl (C=O) groups is 1. The van der Waals surface area contributed by atoms with E-state index < -0.39 is 12.0 Å². The summed E-state index contributed by atoms with van der Waals surface area (Å²) >= 11 is 5.24. The lowest BCUT2D eigenvalue weighted by molar-refractivity contribution is -0.140. The first kappa shape index (κ1) is 16.2. The summed E-state index contributed by atoms with van der Waals surface area (Å²) in [6.07, 6.45) is 0. The third kappa shape index (κ3) is 4.15. The predicted octanol–water partition coefficient (Wildman–Crippen LogP) is 4.38. The van der Waals surface area contributed by atoms with E-state index in [2.05, 4.69) is 33.4 Å². The van der Waals surface area contributed by atoms with Gasteiger partial charge in [-0.3, -0.25) is 10.1 Å². The van der Waals surface area contributed by atoms with Crippen molar-refractivity contribution in [2.75, 3.05) is 0 Å². The molecule has 5 heteroatoms. The van der Waals surface area contributed by atoms with Crippen LogP contribution in [0, 0.1) is 5.92 Å². The third-order valence-corrected chi connectivity index (χ3v) is 5.04. The number of rotatable bonds is 6. The van der Waals surface area contributed by atoms with Gasteiger partial charge in [0, 0.05) is 26.3 Å². The number of hydrogen-bond acceptors (Lipinski definition) is 3. The molecule has 112 valence electrons. The molecule has 0 saturated heterocycles. The van der Waals surface area contributed by atoms with Crippen LogP contribution >= 0.6 is 27.3 Å². The van der Waals surface area contributed by atoms with E-state index in [-0.39, 0.29) is 5.92 Å². The van der Waals surface area contributed by atoms with E-state index in [0.717, 1.165) is 14.9 Å². The minimum absolute atomic E-state index is 0.0604. The van der Waals surface area contributed by atoms with Crippen molar-refractivity contribution >= 4 is 33.2 Å². The highest BCUT2D eigenvalue weighted by Crippen LogP contribution is 2.33. The van der Waals surface area contributed by atoms with Gasteiger partial charge < -0.3 is 5.11 Å². The molecule has 0 radical (unpaired) electrons. The number of carboxylic acids is 1. The van der Waals surface area contributed by atoms with Crippen LogP contribution in [0.15, 0.2) is 40.9 Å². The summed E-state index contributed by atoms with van der Waals surface area (Å²) in [5, 5.41) is 12.3. The minimum Gasteiger partial charge on any atom is -0.480 e. The Labute approximate surface area is 137 Å². The molecule has 2 aromatic rings. The van der Waals surface area contributed by atoms with Gasteiger partial charge in [-0.25, -0.2) is 0 Å². The lowest BCUT2D eigenvalue weighted by atomic mass is 10.1. The number of carboxylic acid groups (broad SMARTS) is 1. The maximum absolute atomic E-state index is 11.2. The fourth-order valence-electron chi connectivity index (χ4n) is 2.10. The van der Waals surface area contributed by atoms with Gasteiger partial charge in [-0.1, -0.05) is 48.0 Å². The van der Waals surface area contributed by atoms with Crippen LogP contribution in [0.5, 0.6) is 0 Å². The molecule has 0 aliphatic heterocycles. The number of benzene rings is 1.